The lowest BCUT2D eigenvalue weighted by Crippen LogP contribution is -2.47. The molecule has 2 heterocycles. The minimum Gasteiger partial charge on any atom is -0.388 e. The second-order valence-corrected chi connectivity index (χ2v) is 8.09. The van der Waals surface area contributed by atoms with Crippen molar-refractivity contribution < 1.29 is 9.90 Å². The van der Waals surface area contributed by atoms with Gasteiger partial charge in [0.05, 0.1) is 11.7 Å². The first kappa shape index (κ1) is 16.0. The number of carbonyl (C=O) groups is 1. The summed E-state index contributed by atoms with van der Waals surface area (Å²) >= 11 is 0. The summed E-state index contributed by atoms with van der Waals surface area (Å²) in [7, 11) is 0. The predicted molar refractivity (Wildman–Crippen MR) is 92.0 cm³/mol. The molecule has 3 aliphatic carbocycles. The maximum Gasteiger partial charge on any atom is 0.228 e. The Morgan fingerprint density at radius 1 is 1.31 bits per heavy atom. The number of aliphatic hydroxyl groups excluding tert-OH is 1. The first-order chi connectivity index (χ1) is 12.7. The summed E-state index contributed by atoms with van der Waals surface area (Å²) in [5, 5.41) is 21.2. The van der Waals surface area contributed by atoms with Crippen LogP contribution < -0.4 is 5.32 Å². The monoisotopic (exact) mass is 356 g/mol. The Balaban J connectivity index is 1.19. The number of carbonyl (C=O) groups excluding carboxylic acids is 1. The fourth-order valence-electron chi connectivity index (χ4n) is 4.08. The maximum absolute atomic E-state index is 12.7. The number of rotatable bonds is 7. The van der Waals surface area contributed by atoms with E-state index in [1.165, 1.54) is 0 Å². The normalized spacial score (nSPS) is 26.3. The molecule has 0 bridgehead atoms. The predicted octanol–water partition coefficient (Wildman–Crippen LogP) is 1.14. The number of hydrogen-bond acceptors (Lipinski definition) is 5. The molecule has 1 amide bonds. The molecule has 0 saturated heterocycles. The van der Waals surface area contributed by atoms with Gasteiger partial charge in [0.2, 0.25) is 5.91 Å². The third kappa shape index (κ3) is 2.72. The van der Waals surface area contributed by atoms with Crippen molar-refractivity contribution in [1.82, 2.24) is 29.6 Å². The van der Waals surface area contributed by atoms with Gasteiger partial charge in [0, 0.05) is 36.9 Å². The van der Waals surface area contributed by atoms with Crippen molar-refractivity contribution in [3.63, 3.8) is 0 Å². The lowest BCUT2D eigenvalue weighted by atomic mass is 9.79. The number of imidazole rings is 1. The van der Waals surface area contributed by atoms with Crippen molar-refractivity contribution in [2.45, 2.75) is 69.7 Å². The van der Waals surface area contributed by atoms with Gasteiger partial charge in [-0.05, 0) is 38.5 Å². The van der Waals surface area contributed by atoms with Crippen LogP contribution in [0, 0.1) is 5.41 Å². The molecule has 3 aliphatic rings. The van der Waals surface area contributed by atoms with Gasteiger partial charge in [-0.2, -0.15) is 0 Å². The summed E-state index contributed by atoms with van der Waals surface area (Å²) in [6.45, 7) is 0.651. The third-order valence-electron chi connectivity index (χ3n) is 6.06. The molecule has 8 heteroatoms. The molecule has 0 unspecified atom stereocenters. The summed E-state index contributed by atoms with van der Waals surface area (Å²) in [6, 6.07) is 0.676. The minimum atomic E-state index is -0.246. The second-order valence-electron chi connectivity index (χ2n) is 8.09. The first-order valence-corrected chi connectivity index (χ1v) is 9.50. The van der Waals surface area contributed by atoms with Crippen LogP contribution in [-0.4, -0.2) is 41.4 Å². The molecule has 0 atom stereocenters. The van der Waals surface area contributed by atoms with E-state index in [1.807, 2.05) is 10.8 Å². The molecule has 26 heavy (non-hydrogen) atoms. The Bertz CT molecular complexity index is 800. The fraction of sp³-hybridized carbons (Fsp3) is 0.667. The average Bonchev–Trinajstić information content (AvgIpc) is 3.50. The van der Waals surface area contributed by atoms with Gasteiger partial charge in [-0.25, -0.2) is 4.98 Å². The summed E-state index contributed by atoms with van der Waals surface area (Å²) < 4.78 is 4.12. The van der Waals surface area contributed by atoms with Crippen LogP contribution in [0.5, 0.6) is 0 Å². The molecule has 3 saturated carbocycles. The Kier molecular flexibility index (Phi) is 3.63. The van der Waals surface area contributed by atoms with E-state index in [-0.39, 0.29) is 24.0 Å². The van der Waals surface area contributed by atoms with Crippen LogP contribution in [0.4, 0.5) is 0 Å². The molecule has 3 fully saturated rings. The van der Waals surface area contributed by atoms with Crippen LogP contribution >= 0.6 is 0 Å². The average molecular weight is 356 g/mol. The summed E-state index contributed by atoms with van der Waals surface area (Å²) in [5.74, 6) is 2.17. The Morgan fingerprint density at radius 2 is 2.12 bits per heavy atom. The van der Waals surface area contributed by atoms with E-state index in [1.54, 1.807) is 12.5 Å². The fourth-order valence-corrected chi connectivity index (χ4v) is 4.08. The zero-order valence-corrected chi connectivity index (χ0v) is 14.7. The number of nitrogens with zero attached hydrogens (tertiary/aromatic N) is 5. The van der Waals surface area contributed by atoms with Gasteiger partial charge in [0.15, 0.2) is 5.82 Å². The van der Waals surface area contributed by atoms with Gasteiger partial charge in [-0.15, -0.1) is 10.2 Å². The highest BCUT2D eigenvalue weighted by molar-refractivity contribution is 5.85. The lowest BCUT2D eigenvalue weighted by molar-refractivity contribution is -0.128. The molecule has 5 rings (SSSR count). The molecule has 138 valence electrons. The Hall–Kier alpha value is -2.22. The zero-order chi connectivity index (χ0) is 17.7. The summed E-state index contributed by atoms with van der Waals surface area (Å²) in [5.41, 5.74) is -0.246. The van der Waals surface area contributed by atoms with E-state index in [0.717, 1.165) is 44.3 Å². The zero-order valence-electron chi connectivity index (χ0n) is 14.7. The molecule has 0 radical (unpaired) electrons. The standard InChI is InChI=1S/C18H24N6O2/c25-9-15-21-22-16(24(15)14-1-2-14)12-7-13(8-12)20-17(26)18(3-4-18)10-23-6-5-19-11-23/h5-6,11-14,25H,1-4,7-10H2,(H,20,26). The third-order valence-corrected chi connectivity index (χ3v) is 6.06. The summed E-state index contributed by atoms with van der Waals surface area (Å²) in [6.07, 6.45) is 11.4. The molecule has 0 aromatic carbocycles. The van der Waals surface area contributed by atoms with Crippen molar-refractivity contribution in [3.8, 4) is 0 Å². The minimum absolute atomic E-state index is 0.0623. The van der Waals surface area contributed by atoms with Crippen molar-refractivity contribution in [2.75, 3.05) is 0 Å². The molecule has 2 N–H and O–H groups in total. The van der Waals surface area contributed by atoms with E-state index < -0.39 is 0 Å². The largest absolute Gasteiger partial charge is 0.388 e. The van der Waals surface area contributed by atoms with E-state index in [0.29, 0.717) is 24.3 Å². The molecule has 0 aliphatic heterocycles. The van der Waals surface area contributed by atoms with Crippen LogP contribution in [0.2, 0.25) is 0 Å². The number of aliphatic hydroxyl groups is 1. The molecule has 2 aromatic heterocycles. The highest BCUT2D eigenvalue weighted by atomic mass is 16.3. The van der Waals surface area contributed by atoms with Crippen LogP contribution in [0.15, 0.2) is 18.7 Å². The van der Waals surface area contributed by atoms with Crippen molar-refractivity contribution in [3.05, 3.63) is 30.4 Å². The Morgan fingerprint density at radius 3 is 2.73 bits per heavy atom. The lowest BCUT2D eigenvalue weighted by Gasteiger charge is -2.36. The van der Waals surface area contributed by atoms with Gasteiger partial charge in [-0.3, -0.25) is 4.79 Å². The molecular weight excluding hydrogens is 332 g/mol. The van der Waals surface area contributed by atoms with Crippen molar-refractivity contribution >= 4 is 5.91 Å². The number of amides is 1. The SMILES string of the molecule is O=C(NC1CC(c2nnc(CO)n2C2CC2)C1)C1(Cn2ccnc2)CC1. The van der Waals surface area contributed by atoms with Gasteiger partial charge in [0.1, 0.15) is 12.4 Å². The van der Waals surface area contributed by atoms with Crippen LogP contribution in [0.3, 0.4) is 0 Å². The number of nitrogens with one attached hydrogen (secondary N) is 1. The topological polar surface area (TPSA) is 97.9 Å². The molecule has 8 nitrogen and oxygen atoms in total. The van der Waals surface area contributed by atoms with Crippen LogP contribution in [-0.2, 0) is 17.9 Å². The van der Waals surface area contributed by atoms with E-state index in [9.17, 15) is 9.90 Å². The number of aromatic nitrogens is 5. The van der Waals surface area contributed by atoms with Gasteiger partial charge >= 0.3 is 0 Å². The summed E-state index contributed by atoms with van der Waals surface area (Å²) in [4.78, 5) is 16.8. The highest BCUT2D eigenvalue weighted by Crippen LogP contribution is 2.48. The van der Waals surface area contributed by atoms with Gasteiger partial charge < -0.3 is 19.6 Å². The maximum atomic E-state index is 12.7. The van der Waals surface area contributed by atoms with Crippen molar-refractivity contribution in [2.24, 2.45) is 5.41 Å². The van der Waals surface area contributed by atoms with Crippen molar-refractivity contribution in [1.29, 1.82) is 0 Å². The first-order valence-electron chi connectivity index (χ1n) is 9.50. The van der Waals surface area contributed by atoms with E-state index in [2.05, 4.69) is 25.1 Å². The Labute approximate surface area is 151 Å². The molecule has 0 spiro atoms. The molecule has 2 aromatic rings. The van der Waals surface area contributed by atoms with Gasteiger partial charge in [-0.1, -0.05) is 0 Å². The highest BCUT2D eigenvalue weighted by Gasteiger charge is 2.51. The second kappa shape index (κ2) is 5.90. The van der Waals surface area contributed by atoms with E-state index >= 15 is 0 Å². The quantitative estimate of drug-likeness (QED) is 0.775. The van der Waals surface area contributed by atoms with E-state index in [4.69, 9.17) is 0 Å². The van der Waals surface area contributed by atoms with Crippen LogP contribution in [0.1, 0.15) is 62.1 Å². The molecular formula is C18H24N6O2. The van der Waals surface area contributed by atoms with Crippen LogP contribution in [0.25, 0.3) is 0 Å². The number of hydrogen-bond donors (Lipinski definition) is 2. The van der Waals surface area contributed by atoms with Gasteiger partial charge in [0.25, 0.3) is 0 Å². The smallest absolute Gasteiger partial charge is 0.228 e.